The van der Waals surface area contributed by atoms with E-state index in [-0.39, 0.29) is 27.6 Å². The number of rotatable bonds is 8. The molecule has 0 aliphatic rings. The number of aryl methyl sites for hydroxylation is 1. The molecule has 0 aliphatic carbocycles. The monoisotopic (exact) mass is 512 g/mol. The lowest BCUT2D eigenvalue weighted by Crippen LogP contribution is -2.14. The quantitative estimate of drug-likeness (QED) is 0.332. The zero-order valence-corrected chi connectivity index (χ0v) is 20.6. The molecule has 4 heterocycles. The van der Waals surface area contributed by atoms with Crippen LogP contribution in [0.4, 0.5) is 5.13 Å². The number of methoxy groups -OCH3 is 1. The van der Waals surface area contributed by atoms with E-state index in [1.54, 1.807) is 50.5 Å². The van der Waals surface area contributed by atoms with Crippen LogP contribution in [0.3, 0.4) is 0 Å². The van der Waals surface area contributed by atoms with Crippen molar-refractivity contribution in [3.05, 3.63) is 70.5 Å². The van der Waals surface area contributed by atoms with Crippen molar-refractivity contribution >= 4 is 34.0 Å². The van der Waals surface area contributed by atoms with Crippen LogP contribution in [0.25, 0.3) is 11.1 Å². The van der Waals surface area contributed by atoms with Gasteiger partial charge in [-0.3, -0.25) is 20.1 Å². The van der Waals surface area contributed by atoms with Gasteiger partial charge in [-0.2, -0.15) is 0 Å². The Morgan fingerprint density at radius 3 is 2.71 bits per heavy atom. The standard InChI is InChI=1S/C23H21ClN6O4S/c1-12-20(33-3)19(14-6-7-25-18(24)8-14)17(10-26-12)21(32)28-22-29-30-23(35-22)34-11-16-5-4-15(9-27-16)13(2)31/h4-10,13,31H,11H2,1-3H3,(H,28,29,32)/t13-/m1/s1. The van der Waals surface area contributed by atoms with Crippen LogP contribution in [0.2, 0.25) is 5.15 Å². The average Bonchev–Trinajstić information content (AvgIpc) is 3.29. The van der Waals surface area contributed by atoms with Gasteiger partial charge in [0.15, 0.2) is 0 Å². The summed E-state index contributed by atoms with van der Waals surface area (Å²) in [5.41, 5.74) is 3.46. The molecule has 0 saturated carbocycles. The summed E-state index contributed by atoms with van der Waals surface area (Å²) in [5.74, 6) is 0.00660. The first-order chi connectivity index (χ1) is 16.9. The van der Waals surface area contributed by atoms with Crippen molar-refractivity contribution in [1.29, 1.82) is 0 Å². The van der Waals surface area contributed by atoms with Gasteiger partial charge in [0.25, 0.3) is 11.1 Å². The Labute approximate surface area is 210 Å². The predicted molar refractivity (Wildman–Crippen MR) is 131 cm³/mol. The normalized spacial score (nSPS) is 11.7. The minimum Gasteiger partial charge on any atom is -0.494 e. The number of amides is 1. The lowest BCUT2D eigenvalue weighted by Gasteiger charge is -2.15. The highest BCUT2D eigenvalue weighted by molar-refractivity contribution is 7.17. The molecule has 0 spiro atoms. The third-order valence-electron chi connectivity index (χ3n) is 4.98. The predicted octanol–water partition coefficient (Wildman–Crippen LogP) is 4.25. The maximum atomic E-state index is 13.2. The maximum Gasteiger partial charge on any atom is 0.296 e. The zero-order valence-electron chi connectivity index (χ0n) is 19.0. The molecule has 0 fully saturated rings. The van der Waals surface area contributed by atoms with Gasteiger partial charge in [-0.1, -0.05) is 22.8 Å². The van der Waals surface area contributed by atoms with Crippen LogP contribution in [0, 0.1) is 6.92 Å². The molecule has 0 saturated heterocycles. The summed E-state index contributed by atoms with van der Waals surface area (Å²) < 4.78 is 11.2. The van der Waals surface area contributed by atoms with Gasteiger partial charge in [0, 0.05) is 24.2 Å². The molecular formula is C23H21ClN6O4S. The number of pyridine rings is 3. The molecule has 1 atom stereocenters. The molecule has 4 rings (SSSR count). The first kappa shape index (κ1) is 24.5. The number of ether oxygens (including phenoxy) is 2. The Hall–Kier alpha value is -3.67. The number of hydrogen-bond acceptors (Lipinski definition) is 10. The third kappa shape index (κ3) is 5.70. The minimum absolute atomic E-state index is 0.161. The summed E-state index contributed by atoms with van der Waals surface area (Å²) in [5, 5.41) is 21.1. The van der Waals surface area contributed by atoms with Gasteiger partial charge in [0.1, 0.15) is 17.5 Å². The van der Waals surface area contributed by atoms with Crippen molar-refractivity contribution in [1.82, 2.24) is 25.1 Å². The Balaban J connectivity index is 1.51. The van der Waals surface area contributed by atoms with Crippen LogP contribution >= 0.6 is 22.9 Å². The molecule has 180 valence electrons. The largest absolute Gasteiger partial charge is 0.494 e. The fourth-order valence-electron chi connectivity index (χ4n) is 3.24. The van der Waals surface area contributed by atoms with E-state index in [0.29, 0.717) is 33.8 Å². The van der Waals surface area contributed by atoms with Crippen molar-refractivity contribution in [2.45, 2.75) is 26.6 Å². The molecule has 4 aromatic heterocycles. The third-order valence-corrected chi connectivity index (χ3v) is 5.93. The molecule has 4 aromatic rings. The van der Waals surface area contributed by atoms with Crippen molar-refractivity contribution in [2.75, 3.05) is 12.4 Å². The first-order valence-electron chi connectivity index (χ1n) is 10.4. The molecule has 10 nitrogen and oxygen atoms in total. The van der Waals surface area contributed by atoms with E-state index in [2.05, 4.69) is 30.5 Å². The van der Waals surface area contributed by atoms with E-state index in [1.165, 1.54) is 13.3 Å². The van der Waals surface area contributed by atoms with Gasteiger partial charge in [0.2, 0.25) is 5.13 Å². The van der Waals surface area contributed by atoms with Crippen LogP contribution in [0.5, 0.6) is 10.9 Å². The summed E-state index contributed by atoms with van der Waals surface area (Å²) in [6, 6.07) is 6.92. The summed E-state index contributed by atoms with van der Waals surface area (Å²) in [6.45, 7) is 3.62. The molecule has 35 heavy (non-hydrogen) atoms. The van der Waals surface area contributed by atoms with Crippen LogP contribution in [0.1, 0.15) is 40.3 Å². The number of aromatic nitrogens is 5. The van der Waals surface area contributed by atoms with Crippen LogP contribution in [0.15, 0.2) is 42.9 Å². The Morgan fingerprint density at radius 1 is 1.20 bits per heavy atom. The highest BCUT2D eigenvalue weighted by atomic mass is 35.5. The van der Waals surface area contributed by atoms with E-state index in [9.17, 15) is 9.90 Å². The van der Waals surface area contributed by atoms with E-state index < -0.39 is 12.0 Å². The van der Waals surface area contributed by atoms with Gasteiger partial charge in [-0.15, -0.1) is 5.10 Å². The second-order valence-electron chi connectivity index (χ2n) is 7.41. The van der Waals surface area contributed by atoms with E-state index >= 15 is 0 Å². The number of aliphatic hydroxyl groups excluding tert-OH is 1. The van der Waals surface area contributed by atoms with Crippen molar-refractivity contribution in [2.24, 2.45) is 0 Å². The van der Waals surface area contributed by atoms with Gasteiger partial charge in [-0.05, 0) is 54.5 Å². The number of anilines is 1. The SMILES string of the molecule is COc1c(C)ncc(C(=O)Nc2nnc(OCc3ccc([C@@H](C)O)cn3)s2)c1-c1ccnc(Cl)c1. The molecule has 0 unspecified atom stereocenters. The van der Waals surface area contributed by atoms with Gasteiger partial charge < -0.3 is 14.6 Å². The molecule has 2 N–H and O–H groups in total. The molecule has 0 radical (unpaired) electrons. The van der Waals surface area contributed by atoms with Crippen LogP contribution < -0.4 is 14.8 Å². The van der Waals surface area contributed by atoms with Crippen molar-refractivity contribution < 1.29 is 19.4 Å². The average molecular weight is 513 g/mol. The second kappa shape index (κ2) is 10.7. The molecule has 12 heteroatoms. The van der Waals surface area contributed by atoms with Gasteiger partial charge in [-0.25, -0.2) is 4.98 Å². The van der Waals surface area contributed by atoms with E-state index in [1.807, 2.05) is 0 Å². The summed E-state index contributed by atoms with van der Waals surface area (Å²) in [6.07, 6.45) is 4.02. The smallest absolute Gasteiger partial charge is 0.296 e. The number of carbonyl (C=O) groups is 1. The lowest BCUT2D eigenvalue weighted by molar-refractivity contribution is 0.102. The molecule has 0 aliphatic heterocycles. The molecule has 0 aromatic carbocycles. The second-order valence-corrected chi connectivity index (χ2v) is 8.73. The minimum atomic E-state index is -0.591. The fourth-order valence-corrected chi connectivity index (χ4v) is 4.01. The lowest BCUT2D eigenvalue weighted by atomic mass is 9.99. The zero-order chi connectivity index (χ0) is 24.9. The summed E-state index contributed by atoms with van der Waals surface area (Å²) in [7, 11) is 1.51. The number of hydrogen-bond donors (Lipinski definition) is 2. The van der Waals surface area contributed by atoms with E-state index in [4.69, 9.17) is 21.1 Å². The fraction of sp³-hybridized carbons (Fsp3) is 0.217. The van der Waals surface area contributed by atoms with Crippen molar-refractivity contribution in [3.63, 3.8) is 0 Å². The number of aliphatic hydroxyl groups is 1. The summed E-state index contributed by atoms with van der Waals surface area (Å²) >= 11 is 7.15. The highest BCUT2D eigenvalue weighted by Gasteiger charge is 2.22. The Bertz CT molecular complexity index is 1350. The topological polar surface area (TPSA) is 132 Å². The summed E-state index contributed by atoms with van der Waals surface area (Å²) in [4.78, 5) is 25.7. The Kier molecular flexibility index (Phi) is 7.49. The van der Waals surface area contributed by atoms with Crippen molar-refractivity contribution in [3.8, 4) is 22.1 Å². The number of carbonyl (C=O) groups excluding carboxylic acids is 1. The number of nitrogens with one attached hydrogen (secondary N) is 1. The molecular weight excluding hydrogens is 492 g/mol. The van der Waals surface area contributed by atoms with Gasteiger partial charge in [0.05, 0.1) is 30.2 Å². The maximum absolute atomic E-state index is 13.2. The van der Waals surface area contributed by atoms with E-state index in [0.717, 1.165) is 11.3 Å². The van der Waals surface area contributed by atoms with Crippen LogP contribution in [-0.4, -0.2) is 43.3 Å². The first-order valence-corrected chi connectivity index (χ1v) is 11.6. The number of nitrogens with zero attached hydrogens (tertiary/aromatic N) is 5. The van der Waals surface area contributed by atoms with Crippen LogP contribution in [-0.2, 0) is 6.61 Å². The number of halogens is 1. The Morgan fingerprint density at radius 2 is 2.03 bits per heavy atom. The highest BCUT2D eigenvalue weighted by Crippen LogP contribution is 2.36. The van der Waals surface area contributed by atoms with Gasteiger partial charge >= 0.3 is 0 Å². The molecule has 1 amide bonds. The molecule has 0 bridgehead atoms.